The Hall–Kier alpha value is -1.43. The van der Waals surface area contributed by atoms with Gasteiger partial charge in [-0.3, -0.25) is 9.00 Å². The van der Waals surface area contributed by atoms with Gasteiger partial charge in [-0.25, -0.2) is 4.98 Å². The zero-order chi connectivity index (χ0) is 12.0. The smallest absolute Gasteiger partial charge is 0.248 e. The molecule has 0 aliphatic carbocycles. The number of amides is 1. The Bertz CT molecular complexity index is 517. The molecule has 6 heteroatoms. The van der Waals surface area contributed by atoms with E-state index in [2.05, 4.69) is 10.3 Å². The largest absolute Gasteiger partial charge is 0.341 e. The maximum absolute atomic E-state index is 11.9. The highest BCUT2D eigenvalue weighted by atomic mass is 32.2. The van der Waals surface area contributed by atoms with Crippen LogP contribution in [0.15, 0.2) is 12.3 Å². The second-order valence-electron chi connectivity index (χ2n) is 4.39. The van der Waals surface area contributed by atoms with Crippen LogP contribution in [0.3, 0.4) is 0 Å². The maximum Gasteiger partial charge on any atom is 0.248 e. The fourth-order valence-electron chi connectivity index (χ4n) is 2.28. The molecular formula is C11H13N3O2S. The average Bonchev–Trinajstić information content (AvgIpc) is 2.29. The number of nitrogens with zero attached hydrogens (tertiary/aromatic N) is 2. The van der Waals surface area contributed by atoms with Gasteiger partial charge in [0.1, 0.15) is 6.04 Å². The van der Waals surface area contributed by atoms with Crippen molar-refractivity contribution in [3.8, 4) is 0 Å². The molecule has 0 radical (unpaired) electrons. The van der Waals surface area contributed by atoms with Crippen LogP contribution in [0.1, 0.15) is 5.56 Å². The molecule has 2 aliphatic rings. The summed E-state index contributed by atoms with van der Waals surface area (Å²) >= 11 is 0. The second kappa shape index (κ2) is 3.80. The summed E-state index contributed by atoms with van der Waals surface area (Å²) in [7, 11) is -0.891. The molecule has 90 valence electrons. The Morgan fingerprint density at radius 3 is 3.24 bits per heavy atom. The number of aryl methyl sites for hydroxylation is 1. The molecule has 2 unspecified atom stereocenters. The van der Waals surface area contributed by atoms with E-state index in [1.165, 1.54) is 0 Å². The van der Waals surface area contributed by atoms with Crippen LogP contribution < -0.4 is 10.2 Å². The summed E-state index contributed by atoms with van der Waals surface area (Å²) in [6.45, 7) is 2.57. The highest BCUT2D eigenvalue weighted by Gasteiger charge is 2.37. The number of hydrogen-bond acceptors (Lipinski definition) is 4. The number of rotatable bonds is 0. The van der Waals surface area contributed by atoms with Crippen molar-refractivity contribution in [3.63, 3.8) is 0 Å². The number of pyridine rings is 1. The standard InChI is InChI=1S/C11H13N3O2S/c1-7-4-8-10(12-5-7)14-2-3-17(16)6-9(14)11(15)13-8/h4-5,9H,2-3,6H2,1H3,(H,13,15). The Morgan fingerprint density at radius 2 is 2.41 bits per heavy atom. The third-order valence-corrected chi connectivity index (χ3v) is 4.44. The molecule has 2 atom stereocenters. The van der Waals surface area contributed by atoms with Crippen molar-refractivity contribution in [3.05, 3.63) is 17.8 Å². The highest BCUT2D eigenvalue weighted by Crippen LogP contribution is 2.31. The second-order valence-corrected chi connectivity index (χ2v) is 6.01. The van der Waals surface area contributed by atoms with Gasteiger partial charge in [-0.15, -0.1) is 0 Å². The van der Waals surface area contributed by atoms with Gasteiger partial charge in [0.15, 0.2) is 5.82 Å². The lowest BCUT2D eigenvalue weighted by Gasteiger charge is -2.39. The van der Waals surface area contributed by atoms with Crippen molar-refractivity contribution in [1.82, 2.24) is 4.98 Å². The van der Waals surface area contributed by atoms with Crippen molar-refractivity contribution >= 4 is 28.2 Å². The summed E-state index contributed by atoms with van der Waals surface area (Å²) in [5, 5.41) is 2.84. The van der Waals surface area contributed by atoms with Crippen LogP contribution in [0.5, 0.6) is 0 Å². The van der Waals surface area contributed by atoms with Gasteiger partial charge in [-0.1, -0.05) is 0 Å². The van der Waals surface area contributed by atoms with E-state index in [0.29, 0.717) is 18.1 Å². The van der Waals surface area contributed by atoms with Crippen LogP contribution in [0.25, 0.3) is 0 Å². The first-order chi connectivity index (χ1) is 8.15. The van der Waals surface area contributed by atoms with Crippen LogP contribution in [-0.2, 0) is 15.6 Å². The van der Waals surface area contributed by atoms with Crippen molar-refractivity contribution < 1.29 is 9.00 Å². The molecule has 2 aliphatic heterocycles. The van der Waals surface area contributed by atoms with E-state index >= 15 is 0 Å². The number of hydrogen-bond donors (Lipinski definition) is 1. The van der Waals surface area contributed by atoms with E-state index in [9.17, 15) is 9.00 Å². The van der Waals surface area contributed by atoms with E-state index in [-0.39, 0.29) is 11.9 Å². The molecule has 1 amide bonds. The molecule has 3 rings (SSSR count). The number of nitrogens with one attached hydrogen (secondary N) is 1. The molecule has 1 aromatic rings. The lowest BCUT2D eigenvalue weighted by atomic mass is 10.1. The zero-order valence-corrected chi connectivity index (χ0v) is 10.3. The molecule has 0 spiro atoms. The molecule has 3 heterocycles. The van der Waals surface area contributed by atoms with Gasteiger partial charge in [-0.05, 0) is 18.6 Å². The molecule has 1 N–H and O–H groups in total. The van der Waals surface area contributed by atoms with E-state index in [1.807, 2.05) is 17.9 Å². The molecular weight excluding hydrogens is 238 g/mol. The van der Waals surface area contributed by atoms with Crippen LogP contribution in [-0.4, -0.2) is 39.2 Å². The van der Waals surface area contributed by atoms with E-state index < -0.39 is 10.8 Å². The lowest BCUT2D eigenvalue weighted by Crippen LogP contribution is -2.55. The van der Waals surface area contributed by atoms with Gasteiger partial charge in [0, 0.05) is 29.3 Å². The normalized spacial score (nSPS) is 27.1. The minimum Gasteiger partial charge on any atom is -0.341 e. The fraction of sp³-hybridized carbons (Fsp3) is 0.455. The predicted octanol–water partition coefficient (Wildman–Crippen LogP) is 0.279. The van der Waals surface area contributed by atoms with E-state index in [4.69, 9.17) is 0 Å². The van der Waals surface area contributed by atoms with Crippen molar-refractivity contribution in [2.75, 3.05) is 28.3 Å². The van der Waals surface area contributed by atoms with Crippen LogP contribution in [0.4, 0.5) is 11.5 Å². The summed E-state index contributed by atoms with van der Waals surface area (Å²) in [6.07, 6.45) is 1.79. The number of anilines is 2. The van der Waals surface area contributed by atoms with Gasteiger partial charge in [0.25, 0.3) is 0 Å². The third kappa shape index (κ3) is 1.72. The monoisotopic (exact) mass is 251 g/mol. The summed E-state index contributed by atoms with van der Waals surface area (Å²) in [5.41, 5.74) is 1.78. The zero-order valence-electron chi connectivity index (χ0n) is 9.47. The van der Waals surface area contributed by atoms with Crippen molar-refractivity contribution in [1.29, 1.82) is 0 Å². The number of aromatic nitrogens is 1. The Balaban J connectivity index is 2.05. The molecule has 5 nitrogen and oxygen atoms in total. The van der Waals surface area contributed by atoms with Crippen molar-refractivity contribution in [2.24, 2.45) is 0 Å². The molecule has 1 saturated heterocycles. The molecule has 1 fully saturated rings. The fourth-order valence-corrected chi connectivity index (χ4v) is 3.53. The SMILES string of the molecule is Cc1cnc2c(c1)NC(=O)C1CS(=O)CCN21. The summed E-state index contributed by atoms with van der Waals surface area (Å²) in [5.74, 6) is 1.74. The average molecular weight is 251 g/mol. The first-order valence-corrected chi connectivity index (χ1v) is 7.03. The lowest BCUT2D eigenvalue weighted by molar-refractivity contribution is -0.117. The number of carbonyl (C=O) groups is 1. The molecule has 1 aromatic heterocycles. The topological polar surface area (TPSA) is 62.3 Å². The van der Waals surface area contributed by atoms with Crippen LogP contribution in [0.2, 0.25) is 0 Å². The van der Waals surface area contributed by atoms with Crippen LogP contribution in [0, 0.1) is 6.92 Å². The minimum atomic E-state index is -0.891. The van der Waals surface area contributed by atoms with Gasteiger partial charge in [-0.2, -0.15) is 0 Å². The predicted molar refractivity (Wildman–Crippen MR) is 66.6 cm³/mol. The maximum atomic E-state index is 11.9. The first kappa shape index (κ1) is 10.7. The van der Waals surface area contributed by atoms with Gasteiger partial charge in [0.2, 0.25) is 5.91 Å². The Kier molecular flexibility index (Phi) is 2.39. The van der Waals surface area contributed by atoms with Gasteiger partial charge in [0.05, 0.1) is 11.4 Å². The third-order valence-electron chi connectivity index (χ3n) is 3.12. The Morgan fingerprint density at radius 1 is 1.59 bits per heavy atom. The number of carbonyl (C=O) groups excluding carboxylic acids is 1. The summed E-state index contributed by atoms with van der Waals surface area (Å²) in [4.78, 5) is 18.3. The van der Waals surface area contributed by atoms with E-state index in [0.717, 1.165) is 17.1 Å². The van der Waals surface area contributed by atoms with Crippen molar-refractivity contribution in [2.45, 2.75) is 13.0 Å². The summed E-state index contributed by atoms with van der Waals surface area (Å²) in [6, 6.07) is 1.59. The Labute approximate surface area is 102 Å². The first-order valence-electron chi connectivity index (χ1n) is 5.54. The molecule has 17 heavy (non-hydrogen) atoms. The molecule has 0 aromatic carbocycles. The number of fused-ring (bicyclic) bond motifs is 3. The molecule has 0 saturated carbocycles. The highest BCUT2D eigenvalue weighted by molar-refractivity contribution is 7.85. The summed E-state index contributed by atoms with van der Waals surface area (Å²) < 4.78 is 11.5. The minimum absolute atomic E-state index is 0.0713. The van der Waals surface area contributed by atoms with Gasteiger partial charge < -0.3 is 10.2 Å². The quantitative estimate of drug-likeness (QED) is 0.719. The van der Waals surface area contributed by atoms with Gasteiger partial charge >= 0.3 is 0 Å². The molecule has 0 bridgehead atoms. The van der Waals surface area contributed by atoms with E-state index in [1.54, 1.807) is 6.20 Å². The van der Waals surface area contributed by atoms with Crippen LogP contribution >= 0.6 is 0 Å².